The smallest absolute Gasteiger partial charge is 0.317 e. The summed E-state index contributed by atoms with van der Waals surface area (Å²) in [5.41, 5.74) is 5.48. The number of fused-ring (bicyclic) bond motifs is 1. The van der Waals surface area contributed by atoms with Gasteiger partial charge >= 0.3 is 6.03 Å². The molecule has 1 atom stereocenters. The number of amides is 2. The third kappa shape index (κ3) is 4.14. The van der Waals surface area contributed by atoms with Crippen molar-refractivity contribution in [1.82, 2.24) is 30.1 Å². The van der Waals surface area contributed by atoms with Gasteiger partial charge in [-0.1, -0.05) is 6.07 Å². The third-order valence-electron chi connectivity index (χ3n) is 6.35. The average Bonchev–Trinajstić information content (AvgIpc) is 3.49. The van der Waals surface area contributed by atoms with Gasteiger partial charge in [-0.15, -0.1) is 0 Å². The fourth-order valence-corrected chi connectivity index (χ4v) is 4.65. The number of nitrogens with zero attached hydrogens (tertiary/aromatic N) is 5. The van der Waals surface area contributed by atoms with E-state index >= 15 is 0 Å². The van der Waals surface area contributed by atoms with Crippen molar-refractivity contribution in [2.24, 2.45) is 0 Å². The van der Waals surface area contributed by atoms with E-state index in [9.17, 15) is 4.79 Å². The Morgan fingerprint density at radius 1 is 1.19 bits per heavy atom. The lowest BCUT2D eigenvalue weighted by Gasteiger charge is -2.36. The van der Waals surface area contributed by atoms with E-state index in [1.165, 1.54) is 18.4 Å². The molecule has 2 aliphatic rings. The molecule has 2 saturated heterocycles. The lowest BCUT2D eigenvalue weighted by Crippen LogP contribution is -2.53. The lowest BCUT2D eigenvalue weighted by molar-refractivity contribution is 0.192. The van der Waals surface area contributed by atoms with Gasteiger partial charge in [0.2, 0.25) is 0 Å². The largest absolute Gasteiger partial charge is 0.366 e. The molecule has 168 valence electrons. The Hall–Kier alpha value is -3.13. The first-order chi connectivity index (χ1) is 15.6. The molecule has 2 aliphatic heterocycles. The first-order valence-corrected chi connectivity index (χ1v) is 11.6. The summed E-state index contributed by atoms with van der Waals surface area (Å²) in [5.74, 6) is 0. The molecule has 0 radical (unpaired) electrons. The lowest BCUT2D eigenvalue weighted by atomic mass is 10.1. The first-order valence-electron chi connectivity index (χ1n) is 11.6. The molecule has 0 saturated carbocycles. The van der Waals surface area contributed by atoms with Gasteiger partial charge in [-0.2, -0.15) is 5.10 Å². The molecule has 3 aromatic rings. The van der Waals surface area contributed by atoms with Gasteiger partial charge < -0.3 is 20.4 Å². The Morgan fingerprint density at radius 2 is 2.03 bits per heavy atom. The van der Waals surface area contributed by atoms with Crippen LogP contribution in [0.25, 0.3) is 16.8 Å². The van der Waals surface area contributed by atoms with Gasteiger partial charge in [0.1, 0.15) is 0 Å². The molecule has 32 heavy (non-hydrogen) atoms. The van der Waals surface area contributed by atoms with E-state index in [0.717, 1.165) is 42.1 Å². The molecule has 5 rings (SSSR count). The molecule has 0 aliphatic carbocycles. The molecule has 0 unspecified atom stereocenters. The molecule has 8 nitrogen and oxygen atoms in total. The van der Waals surface area contributed by atoms with Gasteiger partial charge in [-0.25, -0.2) is 9.31 Å². The number of nitrogens with one attached hydrogen (secondary N) is 2. The number of piperazine rings is 1. The van der Waals surface area contributed by atoms with E-state index in [4.69, 9.17) is 4.98 Å². The monoisotopic (exact) mass is 433 g/mol. The van der Waals surface area contributed by atoms with Gasteiger partial charge in [0.25, 0.3) is 0 Å². The van der Waals surface area contributed by atoms with Crippen molar-refractivity contribution in [2.75, 3.05) is 37.6 Å². The number of carbonyl (C=O) groups is 1. The highest BCUT2D eigenvalue weighted by Gasteiger charge is 2.23. The maximum Gasteiger partial charge on any atom is 0.317 e. The molecule has 0 spiro atoms. The molecule has 3 aromatic heterocycles. The zero-order chi connectivity index (χ0) is 22.1. The summed E-state index contributed by atoms with van der Waals surface area (Å²) < 4.78 is 1.93. The number of hydrogen-bond donors (Lipinski definition) is 2. The van der Waals surface area contributed by atoms with Crippen molar-refractivity contribution in [3.8, 4) is 11.3 Å². The van der Waals surface area contributed by atoms with Gasteiger partial charge in [-0.3, -0.25) is 4.98 Å². The second-order valence-corrected chi connectivity index (χ2v) is 8.98. The van der Waals surface area contributed by atoms with E-state index in [-0.39, 0.29) is 12.1 Å². The highest BCUT2D eigenvalue weighted by Crippen LogP contribution is 2.29. The molecular weight excluding hydrogens is 402 g/mol. The van der Waals surface area contributed by atoms with Crippen LogP contribution in [-0.4, -0.2) is 64.3 Å². The Bertz CT molecular complexity index is 1080. The van der Waals surface area contributed by atoms with Crippen LogP contribution in [-0.2, 0) is 0 Å². The summed E-state index contributed by atoms with van der Waals surface area (Å²) in [6.45, 7) is 8.07. The normalized spacial score (nSPS) is 19.2. The molecule has 8 heteroatoms. The molecule has 5 heterocycles. The van der Waals surface area contributed by atoms with E-state index in [2.05, 4.69) is 44.9 Å². The quantitative estimate of drug-likeness (QED) is 0.661. The predicted molar refractivity (Wildman–Crippen MR) is 126 cm³/mol. The SMILES string of the molecule is CC(C)NC(=O)N1CCN(c2ccnn3cc(-c4ccc([C@@H]5CCCN5)cn4)cc23)CC1. The van der Waals surface area contributed by atoms with Crippen LogP contribution >= 0.6 is 0 Å². The molecular formula is C24H31N7O. The van der Waals surface area contributed by atoms with Crippen molar-refractivity contribution >= 4 is 17.2 Å². The summed E-state index contributed by atoms with van der Waals surface area (Å²) in [5, 5.41) is 11.0. The standard InChI is InChI=1S/C24H31N7O/c1-17(2)28-24(32)30-12-10-29(11-13-30)22-7-9-27-31-16-19(14-23(22)31)21-6-5-18(15-26-21)20-4-3-8-25-20/h5-7,9,14-17,20,25H,3-4,8,10-13H2,1-2H3,(H,28,32)/t20-/m0/s1. The minimum atomic E-state index is 0.0202. The van der Waals surface area contributed by atoms with Crippen molar-refractivity contribution in [2.45, 2.75) is 38.8 Å². The maximum atomic E-state index is 12.3. The second kappa shape index (κ2) is 8.78. The Kier molecular flexibility index (Phi) is 5.70. The van der Waals surface area contributed by atoms with E-state index in [1.807, 2.05) is 41.9 Å². The van der Waals surface area contributed by atoms with Crippen LogP contribution in [0.3, 0.4) is 0 Å². The van der Waals surface area contributed by atoms with Crippen LogP contribution in [0.15, 0.2) is 42.9 Å². The highest BCUT2D eigenvalue weighted by atomic mass is 16.2. The van der Waals surface area contributed by atoms with Crippen LogP contribution in [0.2, 0.25) is 0 Å². The number of pyridine rings is 1. The molecule has 2 N–H and O–H groups in total. The average molecular weight is 434 g/mol. The van der Waals surface area contributed by atoms with Gasteiger partial charge in [-0.05, 0) is 57.0 Å². The maximum absolute atomic E-state index is 12.3. The molecule has 2 amide bonds. The second-order valence-electron chi connectivity index (χ2n) is 8.98. The van der Waals surface area contributed by atoms with Crippen molar-refractivity contribution < 1.29 is 4.79 Å². The number of aromatic nitrogens is 3. The van der Waals surface area contributed by atoms with Crippen molar-refractivity contribution in [3.05, 3.63) is 48.4 Å². The van der Waals surface area contributed by atoms with Gasteiger partial charge in [0, 0.05) is 62.4 Å². The third-order valence-corrected chi connectivity index (χ3v) is 6.35. The number of urea groups is 1. The predicted octanol–water partition coefficient (Wildman–Crippen LogP) is 3.06. The zero-order valence-electron chi connectivity index (χ0n) is 18.8. The summed E-state index contributed by atoms with van der Waals surface area (Å²) in [6.07, 6.45) is 8.28. The number of carbonyl (C=O) groups excluding carboxylic acids is 1. The number of rotatable bonds is 4. The molecule has 0 bridgehead atoms. The highest BCUT2D eigenvalue weighted by molar-refractivity contribution is 5.79. The van der Waals surface area contributed by atoms with Crippen molar-refractivity contribution in [3.63, 3.8) is 0 Å². The summed E-state index contributed by atoms with van der Waals surface area (Å²) in [6, 6.07) is 9.11. The number of hydrogen-bond acceptors (Lipinski definition) is 5. The molecule has 0 aromatic carbocycles. The van der Waals surface area contributed by atoms with Crippen LogP contribution in [0.1, 0.15) is 38.3 Å². The van der Waals surface area contributed by atoms with Crippen LogP contribution < -0.4 is 15.5 Å². The van der Waals surface area contributed by atoms with E-state index in [0.29, 0.717) is 19.1 Å². The first kappa shape index (κ1) is 20.8. The van der Waals surface area contributed by atoms with Crippen LogP contribution in [0.5, 0.6) is 0 Å². The van der Waals surface area contributed by atoms with E-state index < -0.39 is 0 Å². The number of anilines is 1. The van der Waals surface area contributed by atoms with Crippen LogP contribution in [0, 0.1) is 0 Å². The van der Waals surface area contributed by atoms with Gasteiger partial charge in [0.15, 0.2) is 0 Å². The fraction of sp³-hybridized carbons (Fsp3) is 0.458. The van der Waals surface area contributed by atoms with Crippen molar-refractivity contribution in [1.29, 1.82) is 0 Å². The zero-order valence-corrected chi connectivity index (χ0v) is 18.8. The summed E-state index contributed by atoms with van der Waals surface area (Å²) in [4.78, 5) is 21.3. The fourth-order valence-electron chi connectivity index (χ4n) is 4.65. The van der Waals surface area contributed by atoms with E-state index in [1.54, 1.807) is 0 Å². The Balaban J connectivity index is 1.33. The summed E-state index contributed by atoms with van der Waals surface area (Å²) in [7, 11) is 0. The van der Waals surface area contributed by atoms with Gasteiger partial charge in [0.05, 0.1) is 16.9 Å². The summed E-state index contributed by atoms with van der Waals surface area (Å²) >= 11 is 0. The molecule has 2 fully saturated rings. The Morgan fingerprint density at radius 3 is 2.72 bits per heavy atom. The topological polar surface area (TPSA) is 77.8 Å². The van der Waals surface area contributed by atoms with Crippen LogP contribution in [0.4, 0.5) is 10.5 Å². The minimum absolute atomic E-state index is 0.0202. The minimum Gasteiger partial charge on any atom is -0.366 e. The Labute approximate surface area is 188 Å².